The highest BCUT2D eigenvalue weighted by Gasteiger charge is 2.22. The highest BCUT2D eigenvalue weighted by Crippen LogP contribution is 2.09. The summed E-state index contributed by atoms with van der Waals surface area (Å²) in [5.41, 5.74) is 0.993. The smallest absolute Gasteiger partial charge is 0.236 e. The van der Waals surface area contributed by atoms with E-state index in [9.17, 15) is 16.8 Å². The minimum atomic E-state index is -3.53. The number of rotatable bonds is 8. The number of nitrogens with zero attached hydrogens (tertiary/aromatic N) is 3. The van der Waals surface area contributed by atoms with Crippen LogP contribution in [0.2, 0.25) is 0 Å². The fraction of sp³-hybridized carbons (Fsp3) is 0.400. The van der Waals surface area contributed by atoms with Gasteiger partial charge in [-0.25, -0.2) is 17.7 Å². The van der Waals surface area contributed by atoms with Crippen molar-refractivity contribution in [3.63, 3.8) is 0 Å². The summed E-state index contributed by atoms with van der Waals surface area (Å²) in [7, 11) is -4.14. The van der Waals surface area contributed by atoms with E-state index in [1.807, 2.05) is 6.92 Å². The molecule has 25 heavy (non-hydrogen) atoms. The standard InChI is InChI=1S/C15H23N4O4S2/c1-14-5-7-15(8-6-14)24(20,21)16-9-4-10-18-11-12-19(13-18)25(22,23)17(2)3/h5-8,11-13,16H,4,9-10H2,1-3H3/q+1. The van der Waals surface area contributed by atoms with Crippen LogP contribution in [0.3, 0.4) is 0 Å². The topological polar surface area (TPSA) is 92.4 Å². The summed E-state index contributed by atoms with van der Waals surface area (Å²) in [5.74, 6) is 0. The van der Waals surface area contributed by atoms with Gasteiger partial charge in [0.15, 0.2) is 0 Å². The number of nitrogens with one attached hydrogen (secondary N) is 1. The van der Waals surface area contributed by atoms with Gasteiger partial charge in [-0.15, -0.1) is 3.97 Å². The Kier molecular flexibility index (Phi) is 5.99. The van der Waals surface area contributed by atoms with Crippen LogP contribution in [0.15, 0.2) is 47.9 Å². The zero-order valence-corrected chi connectivity index (χ0v) is 16.1. The molecule has 0 spiro atoms. The lowest BCUT2D eigenvalue weighted by atomic mass is 10.2. The van der Waals surface area contributed by atoms with Crippen molar-refractivity contribution in [1.82, 2.24) is 13.0 Å². The average molecular weight is 388 g/mol. The maximum absolute atomic E-state index is 12.2. The number of hydrogen-bond acceptors (Lipinski definition) is 4. The van der Waals surface area contributed by atoms with Crippen LogP contribution in [0, 0.1) is 6.92 Å². The Bertz CT molecular complexity index is 917. The molecule has 138 valence electrons. The van der Waals surface area contributed by atoms with Crippen molar-refractivity contribution in [3.8, 4) is 0 Å². The molecule has 0 saturated heterocycles. The van der Waals surface area contributed by atoms with Crippen LogP contribution < -0.4 is 9.29 Å². The van der Waals surface area contributed by atoms with E-state index in [0.29, 0.717) is 13.0 Å². The van der Waals surface area contributed by atoms with Gasteiger partial charge in [0.1, 0.15) is 12.4 Å². The van der Waals surface area contributed by atoms with E-state index in [2.05, 4.69) is 4.72 Å². The molecule has 1 aromatic carbocycles. The third kappa shape index (κ3) is 4.88. The second kappa shape index (κ2) is 7.65. The molecule has 10 heteroatoms. The zero-order chi connectivity index (χ0) is 18.7. The van der Waals surface area contributed by atoms with Crippen LogP contribution in [-0.4, -0.2) is 45.8 Å². The van der Waals surface area contributed by atoms with Gasteiger partial charge in [-0.2, -0.15) is 12.7 Å². The van der Waals surface area contributed by atoms with Gasteiger partial charge in [0.05, 0.1) is 11.4 Å². The minimum absolute atomic E-state index is 0.231. The molecule has 2 aromatic rings. The Balaban J connectivity index is 1.89. The van der Waals surface area contributed by atoms with Gasteiger partial charge >= 0.3 is 10.2 Å². The summed E-state index contributed by atoms with van der Waals surface area (Å²) >= 11 is 0. The van der Waals surface area contributed by atoms with Crippen LogP contribution >= 0.6 is 0 Å². The van der Waals surface area contributed by atoms with Gasteiger partial charge in [0.25, 0.3) is 6.33 Å². The molecular formula is C15H23N4O4S2+. The third-order valence-corrected chi connectivity index (χ3v) is 6.76. The van der Waals surface area contributed by atoms with Gasteiger partial charge in [0.2, 0.25) is 10.0 Å². The maximum atomic E-state index is 12.2. The van der Waals surface area contributed by atoms with E-state index < -0.39 is 20.2 Å². The van der Waals surface area contributed by atoms with Crippen molar-refractivity contribution < 1.29 is 21.4 Å². The van der Waals surface area contributed by atoms with E-state index in [4.69, 9.17) is 0 Å². The second-order valence-corrected chi connectivity index (χ2v) is 9.65. The zero-order valence-electron chi connectivity index (χ0n) is 14.5. The number of hydrogen-bond donors (Lipinski definition) is 1. The van der Waals surface area contributed by atoms with Crippen LogP contribution in [0.1, 0.15) is 12.0 Å². The molecule has 0 saturated carbocycles. The quantitative estimate of drug-likeness (QED) is 0.514. The highest BCUT2D eigenvalue weighted by molar-refractivity contribution is 7.89. The Morgan fingerprint density at radius 2 is 1.76 bits per heavy atom. The van der Waals surface area contributed by atoms with Gasteiger partial charge in [-0.3, -0.25) is 0 Å². The van der Waals surface area contributed by atoms with Crippen molar-refractivity contribution >= 4 is 20.2 Å². The molecule has 0 fully saturated rings. The Morgan fingerprint density at radius 3 is 2.36 bits per heavy atom. The molecule has 1 heterocycles. The number of aryl methyl sites for hydroxylation is 2. The van der Waals surface area contributed by atoms with Crippen molar-refractivity contribution in [2.24, 2.45) is 0 Å². The minimum Gasteiger partial charge on any atom is -0.236 e. The molecule has 0 unspecified atom stereocenters. The summed E-state index contributed by atoms with van der Waals surface area (Å²) in [6.45, 7) is 2.64. The van der Waals surface area contributed by atoms with E-state index in [1.165, 1.54) is 26.6 Å². The first-order valence-electron chi connectivity index (χ1n) is 7.69. The Morgan fingerprint density at radius 1 is 1.12 bits per heavy atom. The molecule has 0 amide bonds. The molecule has 0 aliphatic carbocycles. The second-order valence-electron chi connectivity index (χ2n) is 5.84. The molecule has 1 aromatic heterocycles. The molecule has 8 nitrogen and oxygen atoms in total. The predicted octanol–water partition coefficient (Wildman–Crippen LogP) is 0.107. The third-order valence-electron chi connectivity index (χ3n) is 3.61. The van der Waals surface area contributed by atoms with E-state index >= 15 is 0 Å². The highest BCUT2D eigenvalue weighted by atomic mass is 32.2. The lowest BCUT2D eigenvalue weighted by molar-refractivity contribution is -0.696. The molecule has 0 atom stereocenters. The van der Waals surface area contributed by atoms with Crippen molar-refractivity contribution in [1.29, 1.82) is 0 Å². The Labute approximate surface area is 148 Å². The van der Waals surface area contributed by atoms with Crippen molar-refractivity contribution in [2.45, 2.75) is 24.8 Å². The van der Waals surface area contributed by atoms with E-state index in [0.717, 1.165) is 13.8 Å². The molecular weight excluding hydrogens is 364 g/mol. The van der Waals surface area contributed by atoms with Gasteiger partial charge in [0, 0.05) is 20.6 Å². The van der Waals surface area contributed by atoms with Gasteiger partial charge in [-0.05, 0) is 25.5 Å². The lowest BCUT2D eigenvalue weighted by Gasteiger charge is -2.06. The first kappa shape index (κ1) is 19.6. The van der Waals surface area contributed by atoms with E-state index in [-0.39, 0.29) is 11.4 Å². The van der Waals surface area contributed by atoms with Crippen LogP contribution in [0.4, 0.5) is 0 Å². The fourth-order valence-electron chi connectivity index (χ4n) is 2.10. The molecule has 0 radical (unpaired) electrons. The largest absolute Gasteiger partial charge is 0.379 e. The molecule has 2 rings (SSSR count). The summed E-state index contributed by atoms with van der Waals surface area (Å²) in [5, 5.41) is 0. The maximum Gasteiger partial charge on any atom is 0.379 e. The predicted molar refractivity (Wildman–Crippen MR) is 93.6 cm³/mol. The number of aromatic nitrogens is 2. The number of benzene rings is 1. The first-order chi connectivity index (χ1) is 11.6. The van der Waals surface area contributed by atoms with Crippen molar-refractivity contribution in [2.75, 3.05) is 20.6 Å². The van der Waals surface area contributed by atoms with Gasteiger partial charge in [-0.1, -0.05) is 17.7 Å². The van der Waals surface area contributed by atoms with Crippen LogP contribution in [-0.2, 0) is 26.8 Å². The fourth-order valence-corrected chi connectivity index (χ4v) is 4.00. The lowest BCUT2D eigenvalue weighted by Crippen LogP contribution is -2.35. The molecule has 1 N–H and O–H groups in total. The normalized spacial score (nSPS) is 12.6. The summed E-state index contributed by atoms with van der Waals surface area (Å²) in [4.78, 5) is 0.231. The van der Waals surface area contributed by atoms with Crippen molar-refractivity contribution in [3.05, 3.63) is 48.5 Å². The molecule has 0 aliphatic rings. The summed E-state index contributed by atoms with van der Waals surface area (Å²) < 4.78 is 54.7. The monoisotopic (exact) mass is 387 g/mol. The summed E-state index contributed by atoms with van der Waals surface area (Å²) in [6.07, 6.45) is 5.08. The van der Waals surface area contributed by atoms with Crippen LogP contribution in [0.25, 0.3) is 0 Å². The van der Waals surface area contributed by atoms with Crippen LogP contribution in [0.5, 0.6) is 0 Å². The Hall–Kier alpha value is -1.75. The SMILES string of the molecule is Cc1ccc(S(=O)(=O)NCCC[n+]2ccn(S(=O)(=O)N(C)C)c2)cc1. The number of sulfonamides is 1. The molecule has 0 bridgehead atoms. The van der Waals surface area contributed by atoms with Gasteiger partial charge < -0.3 is 0 Å². The first-order valence-corrected chi connectivity index (χ1v) is 10.6. The average Bonchev–Trinajstić information content (AvgIpc) is 3.01. The van der Waals surface area contributed by atoms with E-state index in [1.54, 1.807) is 35.0 Å². The molecule has 0 aliphatic heterocycles. The number of imidazole rings is 1. The summed E-state index contributed by atoms with van der Waals surface area (Å²) in [6, 6.07) is 6.63.